The van der Waals surface area contributed by atoms with Gasteiger partial charge in [-0.2, -0.15) is 5.26 Å². The highest BCUT2D eigenvalue weighted by molar-refractivity contribution is 6.32. The maximum absolute atomic E-state index is 13.9. The summed E-state index contributed by atoms with van der Waals surface area (Å²) in [6, 6.07) is 16.2. The van der Waals surface area contributed by atoms with Gasteiger partial charge in [-0.05, 0) is 82.6 Å². The number of unbranched alkanes of at least 4 members (excludes halogenated alkanes) is 1. The molecule has 0 saturated carbocycles. The number of urea groups is 2. The van der Waals surface area contributed by atoms with Gasteiger partial charge < -0.3 is 29.3 Å². The topological polar surface area (TPSA) is 159 Å². The Morgan fingerprint density at radius 1 is 1.00 bits per heavy atom. The Morgan fingerprint density at radius 2 is 1.79 bits per heavy atom. The highest BCUT2D eigenvalue weighted by Gasteiger charge is 2.30. The number of nitrogens with zero attached hydrogens (tertiary/aromatic N) is 8. The SMILES string of the molecule is CC(C)n1ccc2c(N3CCC(=O)NC3=O)cc(C(=O)N3CCN(CCCCOc4ccc(NC(=O)N5CCN(c6ccc(C#N)c(Cl)c6)[C@@H](C)C5)cn4)CC3)cc21. The Kier molecular flexibility index (Phi) is 12.3. The van der Waals surface area contributed by atoms with Gasteiger partial charge in [-0.1, -0.05) is 11.6 Å². The minimum atomic E-state index is -0.473. The second-order valence-electron chi connectivity index (χ2n) is 15.3. The molecule has 58 heavy (non-hydrogen) atoms. The molecule has 0 radical (unpaired) electrons. The molecule has 5 heterocycles. The highest BCUT2D eigenvalue weighted by Crippen LogP contribution is 2.33. The van der Waals surface area contributed by atoms with E-state index in [1.165, 1.54) is 0 Å². The monoisotopic (exact) mass is 808 g/mol. The molecule has 3 fully saturated rings. The first-order valence-electron chi connectivity index (χ1n) is 19.9. The number of rotatable bonds is 11. The van der Waals surface area contributed by atoms with Crippen LogP contribution < -0.4 is 25.2 Å². The molecule has 0 bridgehead atoms. The van der Waals surface area contributed by atoms with Gasteiger partial charge in [0.15, 0.2) is 0 Å². The van der Waals surface area contributed by atoms with Crippen molar-refractivity contribution in [1.29, 1.82) is 5.26 Å². The quantitative estimate of drug-likeness (QED) is 0.175. The maximum atomic E-state index is 13.9. The van der Waals surface area contributed by atoms with E-state index >= 15 is 0 Å². The molecule has 3 saturated heterocycles. The molecule has 2 aromatic heterocycles. The number of carbonyl (C=O) groups excluding carboxylic acids is 4. The van der Waals surface area contributed by atoms with E-state index in [4.69, 9.17) is 16.3 Å². The number of benzene rings is 2. The van der Waals surface area contributed by atoms with Gasteiger partial charge in [0.25, 0.3) is 5.91 Å². The number of halogens is 1. The van der Waals surface area contributed by atoms with Gasteiger partial charge in [0, 0.05) is 99.8 Å². The zero-order chi connectivity index (χ0) is 40.9. The van der Waals surface area contributed by atoms with E-state index in [2.05, 4.69) is 56.8 Å². The fourth-order valence-corrected chi connectivity index (χ4v) is 8.06. The molecule has 16 heteroatoms. The molecule has 6 amide bonds. The number of pyridine rings is 1. The summed E-state index contributed by atoms with van der Waals surface area (Å²) in [5.41, 5.74) is 3.99. The van der Waals surface area contributed by atoms with Gasteiger partial charge in [-0.3, -0.25) is 24.7 Å². The van der Waals surface area contributed by atoms with E-state index in [1.54, 1.807) is 46.3 Å². The van der Waals surface area contributed by atoms with Crippen molar-refractivity contribution >= 4 is 63.4 Å². The van der Waals surface area contributed by atoms with Crippen LogP contribution in [0.3, 0.4) is 0 Å². The average molecular weight is 809 g/mol. The lowest BCUT2D eigenvalue weighted by atomic mass is 10.1. The number of aromatic nitrogens is 2. The number of ether oxygens (including phenoxy) is 1. The number of imide groups is 1. The third-order valence-electron chi connectivity index (χ3n) is 11.0. The van der Waals surface area contributed by atoms with E-state index in [1.807, 2.05) is 29.3 Å². The molecule has 0 unspecified atom stereocenters. The second kappa shape index (κ2) is 17.7. The van der Waals surface area contributed by atoms with Crippen LogP contribution in [0.25, 0.3) is 10.9 Å². The standard InChI is InChI=1S/C42H49ClN10O5/c1-28(2)51-13-10-34-36(51)22-31(23-37(34)53-14-11-38(54)47-42(53)57)40(55)49-17-15-48(16-18-49)12-4-5-21-58-39-9-7-32(26-45-39)46-41(56)50-19-20-52(29(3)27-50)33-8-6-30(25-44)35(43)24-33/h6-10,13,22-24,26,28-29H,4-5,11-12,14-21,27H2,1-3H3,(H,46,56)(H,47,54,57)/t29-/m0/s1. The summed E-state index contributed by atoms with van der Waals surface area (Å²) < 4.78 is 7.98. The van der Waals surface area contributed by atoms with Crippen molar-refractivity contribution in [3.63, 3.8) is 0 Å². The van der Waals surface area contributed by atoms with E-state index < -0.39 is 6.03 Å². The minimum Gasteiger partial charge on any atom is -0.478 e. The van der Waals surface area contributed by atoms with Gasteiger partial charge in [0.1, 0.15) is 6.07 Å². The van der Waals surface area contributed by atoms with Crippen LogP contribution in [0, 0.1) is 11.3 Å². The molecule has 304 valence electrons. The third kappa shape index (κ3) is 8.98. The van der Waals surface area contributed by atoms with E-state index in [0.29, 0.717) is 72.7 Å². The van der Waals surface area contributed by atoms with Crippen molar-refractivity contribution in [3.05, 3.63) is 77.1 Å². The number of amides is 6. The lowest BCUT2D eigenvalue weighted by Crippen LogP contribution is -2.54. The molecule has 2 aromatic carbocycles. The zero-order valence-corrected chi connectivity index (χ0v) is 33.9. The third-order valence-corrected chi connectivity index (χ3v) is 11.4. The number of nitrogens with one attached hydrogen (secondary N) is 2. The zero-order valence-electron chi connectivity index (χ0n) is 33.1. The second-order valence-corrected chi connectivity index (χ2v) is 15.7. The summed E-state index contributed by atoms with van der Waals surface area (Å²) in [6.07, 6.45) is 5.54. The summed E-state index contributed by atoms with van der Waals surface area (Å²) in [5, 5.41) is 15.8. The van der Waals surface area contributed by atoms with Crippen LogP contribution in [-0.2, 0) is 4.79 Å². The fraction of sp³-hybridized carbons (Fsp3) is 0.429. The number of fused-ring (bicyclic) bond motifs is 1. The molecular weight excluding hydrogens is 760 g/mol. The van der Waals surface area contributed by atoms with Crippen molar-refractivity contribution in [1.82, 2.24) is 29.6 Å². The number of anilines is 3. The van der Waals surface area contributed by atoms with Gasteiger partial charge in [0.05, 0.1) is 40.3 Å². The van der Waals surface area contributed by atoms with Crippen molar-refractivity contribution in [2.24, 2.45) is 0 Å². The lowest BCUT2D eigenvalue weighted by Gasteiger charge is -2.41. The Labute approximate surface area is 343 Å². The van der Waals surface area contributed by atoms with Crippen LogP contribution in [0.4, 0.5) is 26.7 Å². The first-order valence-corrected chi connectivity index (χ1v) is 20.3. The van der Waals surface area contributed by atoms with Crippen LogP contribution >= 0.6 is 11.6 Å². The number of carbonyl (C=O) groups is 4. The lowest BCUT2D eigenvalue weighted by molar-refractivity contribution is -0.120. The summed E-state index contributed by atoms with van der Waals surface area (Å²) in [4.78, 5) is 65.7. The molecule has 0 spiro atoms. The van der Waals surface area contributed by atoms with Crippen LogP contribution in [0.5, 0.6) is 5.88 Å². The molecule has 7 rings (SSSR count). The predicted octanol–water partition coefficient (Wildman–Crippen LogP) is 5.95. The van der Waals surface area contributed by atoms with Gasteiger partial charge in [0.2, 0.25) is 11.8 Å². The van der Waals surface area contributed by atoms with E-state index in [-0.39, 0.29) is 42.9 Å². The van der Waals surface area contributed by atoms with Crippen LogP contribution in [-0.4, -0.2) is 120 Å². The first-order chi connectivity index (χ1) is 28.0. The molecule has 4 aromatic rings. The predicted molar refractivity (Wildman–Crippen MR) is 223 cm³/mol. The van der Waals surface area contributed by atoms with Crippen molar-refractivity contribution in [3.8, 4) is 11.9 Å². The van der Waals surface area contributed by atoms with Crippen LogP contribution in [0.15, 0.2) is 60.9 Å². The van der Waals surface area contributed by atoms with Crippen LogP contribution in [0.2, 0.25) is 5.02 Å². The van der Waals surface area contributed by atoms with Gasteiger partial charge in [-0.25, -0.2) is 14.6 Å². The number of piperazine rings is 2. The molecule has 15 nitrogen and oxygen atoms in total. The Balaban J connectivity index is 0.830. The number of hydrogen-bond donors (Lipinski definition) is 2. The number of hydrogen-bond acceptors (Lipinski definition) is 9. The Bertz CT molecular complexity index is 2210. The largest absolute Gasteiger partial charge is 0.478 e. The average Bonchev–Trinajstić information content (AvgIpc) is 3.66. The first kappa shape index (κ1) is 40.4. The van der Waals surface area contributed by atoms with Crippen molar-refractivity contribution in [2.75, 3.05) is 80.6 Å². The van der Waals surface area contributed by atoms with Gasteiger partial charge in [-0.15, -0.1) is 0 Å². The summed E-state index contributed by atoms with van der Waals surface area (Å²) in [5.74, 6) is 0.122. The molecule has 3 aliphatic heterocycles. The normalized spacial score (nSPS) is 17.8. The summed E-state index contributed by atoms with van der Waals surface area (Å²) in [7, 11) is 0. The maximum Gasteiger partial charge on any atom is 0.328 e. The molecule has 0 aliphatic carbocycles. The molecule has 2 N–H and O–H groups in total. The van der Waals surface area contributed by atoms with Gasteiger partial charge >= 0.3 is 12.1 Å². The Morgan fingerprint density at radius 3 is 2.48 bits per heavy atom. The number of nitriles is 1. The van der Waals surface area contributed by atoms with E-state index in [9.17, 15) is 24.4 Å². The minimum absolute atomic E-state index is 0.0588. The van der Waals surface area contributed by atoms with E-state index in [0.717, 1.165) is 49.1 Å². The molecule has 3 aliphatic rings. The molecular formula is C42H49ClN10O5. The van der Waals surface area contributed by atoms with Crippen molar-refractivity contribution < 1.29 is 23.9 Å². The molecule has 1 atom stereocenters. The fourth-order valence-electron chi connectivity index (χ4n) is 7.85. The van der Waals surface area contributed by atoms with Crippen LogP contribution in [0.1, 0.15) is 62.0 Å². The smallest absolute Gasteiger partial charge is 0.328 e. The highest BCUT2D eigenvalue weighted by atomic mass is 35.5. The summed E-state index contributed by atoms with van der Waals surface area (Å²) >= 11 is 6.25. The summed E-state index contributed by atoms with van der Waals surface area (Å²) in [6.45, 7) is 12.3. The van der Waals surface area contributed by atoms with Crippen molar-refractivity contribution in [2.45, 2.75) is 52.1 Å². The Hall–Kier alpha value is -5.85.